The molecule has 0 bridgehead atoms. The molecule has 4 rings (SSSR count). The molecule has 0 aliphatic rings. The fraction of sp³-hybridized carbons (Fsp3) is 0.241. The lowest BCUT2D eigenvalue weighted by Crippen LogP contribution is -2.33. The zero-order valence-corrected chi connectivity index (χ0v) is 23.7. The smallest absolute Gasteiger partial charge is 0.226 e. The maximum Gasteiger partial charge on any atom is 0.226 e. The SMILES string of the molecule is CC.COc1ccc(Cc2c3cc(OC)c(OC)cc3cc[n+]2/N=C/c2cc(Cl)cc(Cl)c2O)cc1OC. The summed E-state index contributed by atoms with van der Waals surface area (Å²) in [6.45, 7) is 4.00. The van der Waals surface area contributed by atoms with Gasteiger partial charge in [-0.2, -0.15) is 0 Å². The summed E-state index contributed by atoms with van der Waals surface area (Å²) < 4.78 is 23.6. The molecule has 0 spiro atoms. The van der Waals surface area contributed by atoms with Crippen LogP contribution in [0.5, 0.6) is 28.7 Å². The number of aromatic hydroxyl groups is 1. The molecule has 1 heterocycles. The number of halogens is 2. The predicted molar refractivity (Wildman–Crippen MR) is 152 cm³/mol. The topological polar surface area (TPSA) is 73.4 Å². The monoisotopic (exact) mass is 557 g/mol. The van der Waals surface area contributed by atoms with Crippen LogP contribution in [0, 0.1) is 0 Å². The van der Waals surface area contributed by atoms with Gasteiger partial charge < -0.3 is 24.1 Å². The summed E-state index contributed by atoms with van der Waals surface area (Å²) in [7, 11) is 6.40. The van der Waals surface area contributed by atoms with E-state index in [0.29, 0.717) is 40.0 Å². The maximum atomic E-state index is 10.4. The number of nitrogens with zero attached hydrogens (tertiary/aromatic N) is 2. The van der Waals surface area contributed by atoms with Gasteiger partial charge in [-0.15, -0.1) is 0 Å². The van der Waals surface area contributed by atoms with E-state index in [2.05, 4.69) is 5.10 Å². The van der Waals surface area contributed by atoms with Crippen LogP contribution in [-0.4, -0.2) is 39.8 Å². The molecule has 0 unspecified atom stereocenters. The Morgan fingerprint density at radius 1 is 0.816 bits per heavy atom. The van der Waals surface area contributed by atoms with Crippen LogP contribution in [0.3, 0.4) is 0 Å². The fourth-order valence-corrected chi connectivity index (χ4v) is 4.43. The Kier molecular flexibility index (Phi) is 10.0. The first-order valence-corrected chi connectivity index (χ1v) is 12.7. The number of phenols is 1. The van der Waals surface area contributed by atoms with Gasteiger partial charge in [0.15, 0.2) is 23.0 Å². The number of ether oxygens (including phenoxy) is 4. The molecule has 0 atom stereocenters. The minimum Gasteiger partial charge on any atom is -0.506 e. The number of rotatable bonds is 8. The van der Waals surface area contributed by atoms with Gasteiger partial charge in [0, 0.05) is 16.7 Å². The van der Waals surface area contributed by atoms with Gasteiger partial charge in [0.1, 0.15) is 12.0 Å². The Hall–Kier alpha value is -3.68. The highest BCUT2D eigenvalue weighted by Gasteiger charge is 2.20. The van der Waals surface area contributed by atoms with Gasteiger partial charge >= 0.3 is 0 Å². The van der Waals surface area contributed by atoms with Crippen molar-refractivity contribution in [3.63, 3.8) is 0 Å². The molecule has 38 heavy (non-hydrogen) atoms. The second-order valence-corrected chi connectivity index (χ2v) is 8.68. The van der Waals surface area contributed by atoms with E-state index in [1.165, 1.54) is 12.3 Å². The van der Waals surface area contributed by atoms with E-state index in [-0.39, 0.29) is 10.8 Å². The number of hydrogen-bond donors (Lipinski definition) is 1. The highest BCUT2D eigenvalue weighted by Crippen LogP contribution is 2.34. The van der Waals surface area contributed by atoms with E-state index in [0.717, 1.165) is 22.0 Å². The van der Waals surface area contributed by atoms with Crippen molar-refractivity contribution < 1.29 is 28.7 Å². The van der Waals surface area contributed by atoms with Crippen LogP contribution in [0.4, 0.5) is 0 Å². The van der Waals surface area contributed by atoms with Crippen LogP contribution >= 0.6 is 23.2 Å². The van der Waals surface area contributed by atoms with Gasteiger partial charge in [-0.05, 0) is 52.4 Å². The average molecular weight is 558 g/mol. The van der Waals surface area contributed by atoms with E-state index in [1.807, 2.05) is 56.4 Å². The van der Waals surface area contributed by atoms with Crippen molar-refractivity contribution >= 4 is 40.2 Å². The lowest BCUT2D eigenvalue weighted by Gasteiger charge is -2.12. The average Bonchev–Trinajstić information content (AvgIpc) is 2.94. The number of methoxy groups -OCH3 is 4. The number of aromatic nitrogens is 1. The van der Waals surface area contributed by atoms with Crippen LogP contribution in [0.25, 0.3) is 10.8 Å². The largest absolute Gasteiger partial charge is 0.506 e. The number of fused-ring (bicyclic) bond motifs is 1. The van der Waals surface area contributed by atoms with E-state index < -0.39 is 0 Å². The van der Waals surface area contributed by atoms with Crippen molar-refractivity contribution in [2.45, 2.75) is 20.3 Å². The lowest BCUT2D eigenvalue weighted by atomic mass is 10.0. The van der Waals surface area contributed by atoms with Crippen LogP contribution in [0.15, 0.2) is 59.8 Å². The molecule has 200 valence electrons. The Labute approximate surface area is 232 Å². The highest BCUT2D eigenvalue weighted by atomic mass is 35.5. The number of hydrogen-bond acceptors (Lipinski definition) is 6. The van der Waals surface area contributed by atoms with Crippen molar-refractivity contribution in [2.24, 2.45) is 5.10 Å². The normalized spacial score (nSPS) is 10.7. The van der Waals surface area contributed by atoms with Crippen LogP contribution < -0.4 is 23.6 Å². The molecule has 1 N–H and O–H groups in total. The molecule has 4 aromatic rings. The summed E-state index contributed by atoms with van der Waals surface area (Å²) in [5.74, 6) is 2.40. The Bertz CT molecular complexity index is 1460. The highest BCUT2D eigenvalue weighted by molar-refractivity contribution is 6.36. The third-order valence-corrected chi connectivity index (χ3v) is 6.24. The Morgan fingerprint density at radius 3 is 2.11 bits per heavy atom. The van der Waals surface area contributed by atoms with Crippen LogP contribution in [-0.2, 0) is 6.42 Å². The van der Waals surface area contributed by atoms with Crippen LogP contribution in [0.2, 0.25) is 10.0 Å². The fourth-order valence-electron chi connectivity index (χ4n) is 3.92. The molecule has 0 saturated carbocycles. The van der Waals surface area contributed by atoms with E-state index in [1.54, 1.807) is 39.2 Å². The summed E-state index contributed by atoms with van der Waals surface area (Å²) in [6.07, 6.45) is 3.86. The van der Waals surface area contributed by atoms with E-state index >= 15 is 0 Å². The Morgan fingerprint density at radius 2 is 1.45 bits per heavy atom. The molecule has 0 aliphatic carbocycles. The van der Waals surface area contributed by atoms with Gasteiger partial charge in [-0.1, -0.05) is 47.8 Å². The predicted octanol–water partition coefficient (Wildman–Crippen LogP) is 6.67. The summed E-state index contributed by atoms with van der Waals surface area (Å²) in [6, 6.07) is 14.6. The quantitative estimate of drug-likeness (QED) is 0.193. The molecule has 0 amide bonds. The molecule has 0 radical (unpaired) electrons. The second kappa shape index (κ2) is 13.2. The minimum atomic E-state index is -0.0981. The van der Waals surface area contributed by atoms with E-state index in [4.69, 9.17) is 42.1 Å². The third-order valence-electron chi connectivity index (χ3n) is 5.74. The molecule has 9 heteroatoms. The standard InChI is InChI=1S/C27H24Cl2N2O5.C2H6/c1-33-23-6-5-16(10-24(23)34-2)9-22-20-14-26(36-4)25(35-3)12-17(20)7-8-31(22)30-15-18-11-19(28)13-21(29)27(18)32;1-2/h5-8,10-15H,9H2,1-4H3;1-2H3/p+1. The first-order valence-electron chi connectivity index (χ1n) is 11.9. The summed E-state index contributed by atoms with van der Waals surface area (Å²) in [4.78, 5) is 0. The second-order valence-electron chi connectivity index (χ2n) is 7.84. The molecule has 1 aromatic heterocycles. The number of pyridine rings is 1. The zero-order chi connectivity index (χ0) is 27.8. The molecule has 7 nitrogen and oxygen atoms in total. The molecule has 3 aromatic carbocycles. The first kappa shape index (κ1) is 28.9. The molecular formula is C29H31Cl2N2O5+. The van der Waals surface area contributed by atoms with Crippen molar-refractivity contribution in [1.82, 2.24) is 0 Å². The van der Waals surface area contributed by atoms with Crippen molar-refractivity contribution in [3.05, 3.63) is 81.6 Å². The van der Waals surface area contributed by atoms with Gasteiger partial charge in [0.05, 0.1) is 45.3 Å². The van der Waals surface area contributed by atoms with Crippen molar-refractivity contribution in [3.8, 4) is 28.7 Å². The molecular weight excluding hydrogens is 527 g/mol. The summed E-state index contributed by atoms with van der Waals surface area (Å²) in [5, 5.41) is 17.4. The number of benzene rings is 3. The van der Waals surface area contributed by atoms with Crippen molar-refractivity contribution in [2.75, 3.05) is 28.4 Å². The maximum absolute atomic E-state index is 10.4. The van der Waals surface area contributed by atoms with Gasteiger partial charge in [-0.3, -0.25) is 0 Å². The summed E-state index contributed by atoms with van der Waals surface area (Å²) in [5.41, 5.74) is 2.24. The minimum absolute atomic E-state index is 0.0981. The van der Waals surface area contributed by atoms with Gasteiger partial charge in [-0.25, -0.2) is 0 Å². The van der Waals surface area contributed by atoms with E-state index in [9.17, 15) is 5.11 Å². The lowest BCUT2D eigenvalue weighted by molar-refractivity contribution is -0.684. The first-order chi connectivity index (χ1) is 18.4. The Balaban J connectivity index is 0.00000195. The zero-order valence-electron chi connectivity index (χ0n) is 22.2. The molecule has 0 saturated heterocycles. The van der Waals surface area contributed by atoms with Crippen LogP contribution in [0.1, 0.15) is 30.7 Å². The third kappa shape index (κ3) is 6.23. The van der Waals surface area contributed by atoms with Crippen molar-refractivity contribution in [1.29, 1.82) is 0 Å². The molecule has 0 aliphatic heterocycles. The van der Waals surface area contributed by atoms with Gasteiger partial charge in [0.2, 0.25) is 11.9 Å². The number of phenolic OH excluding ortho intramolecular Hbond substituents is 1. The van der Waals surface area contributed by atoms with Gasteiger partial charge in [0.25, 0.3) is 0 Å². The molecule has 0 fully saturated rings. The summed E-state index contributed by atoms with van der Waals surface area (Å²) >= 11 is 12.2.